The van der Waals surface area contributed by atoms with E-state index >= 15 is 0 Å². The van der Waals surface area contributed by atoms with Gasteiger partial charge in [-0.15, -0.1) is 0 Å². The average Bonchev–Trinajstić information content (AvgIpc) is 2.42. The normalized spacial score (nSPS) is 21.3. The third kappa shape index (κ3) is 2.66. The number of hydrogen-bond donors (Lipinski definition) is 0. The van der Waals surface area contributed by atoms with Gasteiger partial charge >= 0.3 is 0 Å². The van der Waals surface area contributed by atoms with Gasteiger partial charge in [0.1, 0.15) is 5.25 Å². The van der Waals surface area contributed by atoms with Gasteiger partial charge in [-0.25, -0.2) is 8.42 Å². The van der Waals surface area contributed by atoms with Gasteiger partial charge < -0.3 is 0 Å². The number of hydrogen-bond acceptors (Lipinski definition) is 3. The van der Waals surface area contributed by atoms with E-state index in [0.29, 0.717) is 18.4 Å². The Morgan fingerprint density at radius 2 is 1.33 bits per heavy atom. The van der Waals surface area contributed by atoms with Crippen LogP contribution in [0.15, 0.2) is 0 Å². The van der Waals surface area contributed by atoms with E-state index in [1.54, 1.807) is 0 Å². The summed E-state index contributed by atoms with van der Waals surface area (Å²) in [5, 5.41) is -0.842. The molecule has 0 radical (unpaired) electrons. The van der Waals surface area contributed by atoms with E-state index < -0.39 is 15.1 Å². The molecule has 1 unspecified atom stereocenters. The Balaban J connectivity index is 2.59. The molecule has 3 nitrogen and oxygen atoms in total. The number of benzene rings is 1. The third-order valence-corrected chi connectivity index (χ3v) is 7.29. The van der Waals surface area contributed by atoms with Crippen LogP contribution in [-0.4, -0.2) is 25.2 Å². The predicted octanol–water partition coefficient (Wildman–Crippen LogP) is 3.38. The molecule has 0 N–H and O–H groups in total. The van der Waals surface area contributed by atoms with Crippen molar-refractivity contribution in [2.75, 3.05) is 5.75 Å². The lowest BCUT2D eigenvalue weighted by atomic mass is 9.86. The smallest absolute Gasteiger partial charge is 0.181 e. The fourth-order valence-electron chi connectivity index (χ4n) is 3.28. The number of carbonyl (C=O) groups is 1. The first kappa shape index (κ1) is 16.2. The molecule has 0 aliphatic carbocycles. The second kappa shape index (κ2) is 5.56. The summed E-state index contributed by atoms with van der Waals surface area (Å²) in [5.41, 5.74) is 5.87. The topological polar surface area (TPSA) is 51.2 Å². The second-order valence-corrected chi connectivity index (χ2v) is 8.52. The van der Waals surface area contributed by atoms with Crippen LogP contribution in [0.25, 0.3) is 0 Å². The number of Topliss-reactive ketones (excluding diaryl/α,β-unsaturated/α-hetero) is 1. The van der Waals surface area contributed by atoms with Crippen molar-refractivity contribution in [3.05, 3.63) is 33.4 Å². The van der Waals surface area contributed by atoms with Crippen LogP contribution in [0.5, 0.6) is 0 Å². The summed E-state index contributed by atoms with van der Waals surface area (Å²) in [6.45, 7) is 9.91. The lowest BCUT2D eigenvalue weighted by Gasteiger charge is -2.24. The van der Waals surface area contributed by atoms with Gasteiger partial charge in [-0.3, -0.25) is 4.79 Å². The Hall–Kier alpha value is -1.16. The van der Waals surface area contributed by atoms with E-state index in [2.05, 4.69) is 6.92 Å². The van der Waals surface area contributed by atoms with E-state index in [-0.39, 0.29) is 11.5 Å². The molecule has 1 aromatic carbocycles. The fourth-order valence-corrected chi connectivity index (χ4v) is 5.14. The molecule has 1 aliphatic heterocycles. The number of carbonyl (C=O) groups excluding carboxylic acids is 1. The molecular weight excluding hydrogens is 284 g/mol. The molecule has 1 aromatic rings. The zero-order valence-electron chi connectivity index (χ0n) is 13.5. The highest BCUT2D eigenvalue weighted by atomic mass is 32.2. The van der Waals surface area contributed by atoms with Crippen LogP contribution in [-0.2, 0) is 9.84 Å². The standard InChI is InChI=1S/C17H24O3S/c1-10-11(2)13(4)16(14(5)12(10)3)17(18)15-8-6-7-9-21(15,19)20/h15H,6-9H2,1-5H3. The maximum absolute atomic E-state index is 12.9. The minimum atomic E-state index is -3.29. The molecule has 1 fully saturated rings. The van der Waals surface area contributed by atoms with Gasteiger partial charge in [0, 0.05) is 5.56 Å². The summed E-state index contributed by atoms with van der Waals surface area (Å²) in [6, 6.07) is 0. The van der Waals surface area contributed by atoms with Crippen molar-refractivity contribution < 1.29 is 13.2 Å². The van der Waals surface area contributed by atoms with E-state index in [1.165, 1.54) is 5.56 Å². The molecule has 0 spiro atoms. The van der Waals surface area contributed by atoms with Crippen LogP contribution in [0.4, 0.5) is 0 Å². The van der Waals surface area contributed by atoms with Gasteiger partial charge in [-0.05, 0) is 75.3 Å². The van der Waals surface area contributed by atoms with Gasteiger partial charge in [-0.1, -0.05) is 6.42 Å². The first-order valence-corrected chi connectivity index (χ1v) is 9.22. The molecule has 0 amide bonds. The maximum atomic E-state index is 12.9. The molecular formula is C17H24O3S. The molecule has 1 aliphatic rings. The van der Waals surface area contributed by atoms with Crippen LogP contribution >= 0.6 is 0 Å². The van der Waals surface area contributed by atoms with Gasteiger partial charge in [0.25, 0.3) is 0 Å². The summed E-state index contributed by atoms with van der Waals surface area (Å²) < 4.78 is 24.5. The Morgan fingerprint density at radius 3 is 1.81 bits per heavy atom. The number of sulfone groups is 1. The molecule has 2 rings (SSSR count). The first-order valence-electron chi connectivity index (χ1n) is 7.51. The van der Waals surface area contributed by atoms with Gasteiger partial charge in [0.05, 0.1) is 5.75 Å². The zero-order chi connectivity index (χ0) is 15.9. The van der Waals surface area contributed by atoms with E-state index in [4.69, 9.17) is 0 Å². The summed E-state index contributed by atoms with van der Waals surface area (Å²) in [4.78, 5) is 12.9. The molecule has 116 valence electrons. The molecule has 1 heterocycles. The van der Waals surface area contributed by atoms with Gasteiger partial charge in [-0.2, -0.15) is 0 Å². The summed E-state index contributed by atoms with van der Waals surface area (Å²) in [7, 11) is -3.29. The number of ketones is 1. The maximum Gasteiger partial charge on any atom is 0.181 e. The van der Waals surface area contributed by atoms with Crippen molar-refractivity contribution >= 4 is 15.6 Å². The van der Waals surface area contributed by atoms with E-state index in [0.717, 1.165) is 28.7 Å². The molecule has 0 saturated carbocycles. The largest absolute Gasteiger partial charge is 0.293 e. The third-order valence-electron chi connectivity index (χ3n) is 5.12. The van der Waals surface area contributed by atoms with Crippen molar-refractivity contribution in [3.63, 3.8) is 0 Å². The van der Waals surface area contributed by atoms with Crippen LogP contribution in [0.1, 0.15) is 57.4 Å². The minimum absolute atomic E-state index is 0.144. The van der Waals surface area contributed by atoms with Crippen LogP contribution in [0, 0.1) is 34.6 Å². The Kier molecular flexibility index (Phi) is 4.29. The first-order chi connectivity index (χ1) is 9.68. The Bertz CT molecular complexity index is 670. The van der Waals surface area contributed by atoms with Crippen molar-refractivity contribution in [1.82, 2.24) is 0 Å². The molecule has 0 aromatic heterocycles. The van der Waals surface area contributed by atoms with E-state index in [1.807, 2.05) is 27.7 Å². The van der Waals surface area contributed by atoms with Crippen molar-refractivity contribution in [2.45, 2.75) is 59.1 Å². The molecule has 0 bridgehead atoms. The highest BCUT2D eigenvalue weighted by Crippen LogP contribution is 2.30. The van der Waals surface area contributed by atoms with Crippen molar-refractivity contribution in [1.29, 1.82) is 0 Å². The highest BCUT2D eigenvalue weighted by molar-refractivity contribution is 7.92. The van der Waals surface area contributed by atoms with Crippen molar-refractivity contribution in [2.24, 2.45) is 0 Å². The zero-order valence-corrected chi connectivity index (χ0v) is 14.4. The van der Waals surface area contributed by atoms with E-state index in [9.17, 15) is 13.2 Å². The molecule has 1 saturated heterocycles. The predicted molar refractivity (Wildman–Crippen MR) is 85.9 cm³/mol. The lowest BCUT2D eigenvalue weighted by molar-refractivity contribution is 0.0980. The van der Waals surface area contributed by atoms with Crippen LogP contribution in [0.2, 0.25) is 0 Å². The Morgan fingerprint density at radius 1 is 0.857 bits per heavy atom. The van der Waals surface area contributed by atoms with Crippen LogP contribution < -0.4 is 0 Å². The summed E-state index contributed by atoms with van der Waals surface area (Å²) in [6.07, 6.45) is 1.96. The molecule has 4 heteroatoms. The minimum Gasteiger partial charge on any atom is -0.293 e. The summed E-state index contributed by atoms with van der Waals surface area (Å²) in [5.74, 6) is -0.0541. The highest BCUT2D eigenvalue weighted by Gasteiger charge is 2.36. The monoisotopic (exact) mass is 308 g/mol. The average molecular weight is 308 g/mol. The fraction of sp³-hybridized carbons (Fsp3) is 0.588. The molecule has 21 heavy (non-hydrogen) atoms. The quantitative estimate of drug-likeness (QED) is 0.787. The second-order valence-electron chi connectivity index (χ2n) is 6.22. The SMILES string of the molecule is Cc1c(C)c(C)c(C(=O)C2CCCCS2(=O)=O)c(C)c1C. The van der Waals surface area contributed by atoms with Crippen LogP contribution in [0.3, 0.4) is 0 Å². The van der Waals surface area contributed by atoms with Gasteiger partial charge in [0.15, 0.2) is 15.6 Å². The Labute approximate surface area is 127 Å². The van der Waals surface area contributed by atoms with Gasteiger partial charge in [0.2, 0.25) is 0 Å². The summed E-state index contributed by atoms with van der Waals surface area (Å²) >= 11 is 0. The molecule has 1 atom stereocenters. The number of rotatable bonds is 2. The van der Waals surface area contributed by atoms with Crippen molar-refractivity contribution in [3.8, 4) is 0 Å². The lowest BCUT2D eigenvalue weighted by Crippen LogP contribution is -2.36.